The van der Waals surface area contributed by atoms with Crippen molar-refractivity contribution >= 4 is 0 Å². The maximum atomic E-state index is 7.00. The molecule has 0 atom stereocenters. The molecule has 18 heavy (non-hydrogen) atoms. The normalized spacial score (nSPS) is 7.83. The number of hydrogen-bond acceptors (Lipinski definition) is 2. The van der Waals surface area contributed by atoms with E-state index in [1.54, 1.807) is 0 Å². The molecule has 2 aromatic rings. The number of pyridine rings is 1. The summed E-state index contributed by atoms with van der Waals surface area (Å²) in [5, 5.41) is 12.8. The van der Waals surface area contributed by atoms with Crippen molar-refractivity contribution in [1.82, 2.24) is 4.98 Å². The molecule has 3 nitrogen and oxygen atoms in total. The van der Waals surface area contributed by atoms with Gasteiger partial charge in [-0.1, -0.05) is 12.1 Å². The second kappa shape index (κ2) is 12.4. The first-order valence-corrected chi connectivity index (χ1v) is 5.22. The Balaban J connectivity index is 0. The molecule has 0 amide bonds. The van der Waals surface area contributed by atoms with Gasteiger partial charge in [0.15, 0.2) is 0 Å². The van der Waals surface area contributed by atoms with E-state index < -0.39 is 0 Å². The van der Waals surface area contributed by atoms with Crippen LogP contribution in [0.2, 0.25) is 0 Å². The Kier molecular flexibility index (Phi) is 13.3. The molecule has 0 spiro atoms. The number of aliphatic hydroxyl groups is 1. The van der Waals surface area contributed by atoms with Crippen molar-refractivity contribution in [3.8, 4) is 11.3 Å². The number of hydrogen-bond donors (Lipinski definition) is 1. The van der Waals surface area contributed by atoms with Crippen LogP contribution in [0.4, 0.5) is 0 Å². The van der Waals surface area contributed by atoms with Gasteiger partial charge in [-0.25, -0.2) is 0 Å². The van der Waals surface area contributed by atoms with Crippen molar-refractivity contribution in [1.29, 1.82) is 0 Å². The predicted octanol–water partition coefficient (Wildman–Crippen LogP) is 1.80. The molecular weight excluding hydrogens is 406 g/mol. The minimum Gasteiger partial charge on any atom is -0.448 e. The third kappa shape index (κ3) is 6.62. The fraction of sp³-hybridized carbons (Fsp3) is 0.214. The molecule has 0 bridgehead atoms. The fourth-order valence-corrected chi connectivity index (χ4v) is 1.25. The minimum atomic E-state index is 0. The van der Waals surface area contributed by atoms with E-state index >= 15 is 0 Å². The second-order valence-electron chi connectivity index (χ2n) is 2.94. The summed E-state index contributed by atoms with van der Waals surface area (Å²) in [6, 6.07) is 17.0. The van der Waals surface area contributed by atoms with Crippen LogP contribution in [0, 0.1) is 13.0 Å². The smallest absolute Gasteiger partial charge is 0.133 e. The van der Waals surface area contributed by atoms with E-state index in [1.807, 2.05) is 49.4 Å². The Hall–Kier alpha value is -1.06. The third-order valence-corrected chi connectivity index (χ3v) is 1.87. The molecular formula is C14H19IrNO2. The van der Waals surface area contributed by atoms with E-state index in [-0.39, 0.29) is 20.1 Å². The first-order chi connectivity index (χ1) is 8.36. The molecule has 0 unspecified atom stereocenters. The first kappa shape index (κ1) is 19.3. The zero-order valence-electron chi connectivity index (χ0n) is 10.8. The van der Waals surface area contributed by atoms with E-state index in [9.17, 15) is 0 Å². The largest absolute Gasteiger partial charge is 0.448 e. The Labute approximate surface area is 122 Å². The molecule has 0 saturated carbocycles. The van der Waals surface area contributed by atoms with Gasteiger partial charge in [0.25, 0.3) is 0 Å². The summed E-state index contributed by atoms with van der Waals surface area (Å²) < 4.78 is 0. The van der Waals surface area contributed by atoms with Crippen LogP contribution >= 0.6 is 0 Å². The summed E-state index contributed by atoms with van der Waals surface area (Å²) in [6.07, 6.45) is 0. The van der Waals surface area contributed by atoms with Crippen LogP contribution in [0.1, 0.15) is 5.69 Å². The van der Waals surface area contributed by atoms with Crippen molar-refractivity contribution in [2.24, 2.45) is 0 Å². The molecule has 0 aliphatic carbocycles. The zero-order valence-corrected chi connectivity index (χ0v) is 13.2. The van der Waals surface area contributed by atoms with Crippen LogP contribution in [0.5, 0.6) is 0 Å². The van der Waals surface area contributed by atoms with E-state index in [4.69, 9.17) is 10.2 Å². The van der Waals surface area contributed by atoms with Gasteiger partial charge in [-0.05, 0) is 18.7 Å². The molecule has 3 N–H and O–H groups in total. The number of nitrogens with zero attached hydrogens (tertiary/aromatic N) is 1. The molecule has 0 aliphatic heterocycles. The van der Waals surface area contributed by atoms with Crippen LogP contribution in [0.3, 0.4) is 0 Å². The van der Waals surface area contributed by atoms with Crippen LogP contribution in [0.25, 0.3) is 11.3 Å². The maximum Gasteiger partial charge on any atom is 0.133 e. The van der Waals surface area contributed by atoms with Crippen molar-refractivity contribution in [2.75, 3.05) is 14.2 Å². The SMILES string of the molecule is CO.C[OH2+].Cc1cccc(-c2[c-]cccc2)n1.[Ir]. The summed E-state index contributed by atoms with van der Waals surface area (Å²) in [7, 11) is 2.25. The average Bonchev–Trinajstić information content (AvgIpc) is 2.44. The molecule has 0 fully saturated rings. The molecule has 4 heteroatoms. The Morgan fingerprint density at radius 2 is 1.72 bits per heavy atom. The molecule has 1 heterocycles. The van der Waals surface area contributed by atoms with Crippen molar-refractivity contribution < 1.29 is 30.3 Å². The average molecular weight is 426 g/mol. The monoisotopic (exact) mass is 426 g/mol. The Bertz CT molecular complexity index is 408. The molecule has 1 aromatic carbocycles. The molecule has 0 saturated heterocycles. The van der Waals surface area contributed by atoms with Crippen LogP contribution in [-0.4, -0.2) is 29.4 Å². The van der Waals surface area contributed by atoms with Gasteiger partial charge in [0.05, 0.1) is 0 Å². The Morgan fingerprint density at radius 1 is 1.06 bits per heavy atom. The minimum absolute atomic E-state index is 0. The molecule has 0 aliphatic rings. The van der Waals surface area contributed by atoms with Gasteiger partial charge < -0.3 is 15.2 Å². The molecule has 101 valence electrons. The first-order valence-electron chi connectivity index (χ1n) is 5.22. The molecule has 1 radical (unpaired) electrons. The predicted molar refractivity (Wildman–Crippen MR) is 70.9 cm³/mol. The van der Waals surface area contributed by atoms with E-state index in [0.29, 0.717) is 0 Å². The number of rotatable bonds is 1. The summed E-state index contributed by atoms with van der Waals surface area (Å²) in [5.74, 6) is 0. The maximum absolute atomic E-state index is 7.00. The quantitative estimate of drug-likeness (QED) is 0.560. The summed E-state index contributed by atoms with van der Waals surface area (Å²) in [4.78, 5) is 4.41. The van der Waals surface area contributed by atoms with Crippen molar-refractivity contribution in [3.05, 3.63) is 54.2 Å². The van der Waals surface area contributed by atoms with E-state index in [1.165, 1.54) is 7.11 Å². The topological polar surface area (TPSA) is 56.0 Å². The number of benzene rings is 1. The fourth-order valence-electron chi connectivity index (χ4n) is 1.25. The van der Waals surface area contributed by atoms with Gasteiger partial charge in [0.2, 0.25) is 0 Å². The van der Waals surface area contributed by atoms with Crippen LogP contribution in [0.15, 0.2) is 42.5 Å². The van der Waals surface area contributed by atoms with Crippen LogP contribution < -0.4 is 0 Å². The van der Waals surface area contributed by atoms with Crippen LogP contribution in [-0.2, 0) is 20.1 Å². The number of aryl methyl sites for hydroxylation is 1. The van der Waals surface area contributed by atoms with Gasteiger partial charge in [-0.3, -0.25) is 0 Å². The van der Waals surface area contributed by atoms with Gasteiger partial charge in [-0.15, -0.1) is 35.9 Å². The van der Waals surface area contributed by atoms with Gasteiger partial charge >= 0.3 is 0 Å². The summed E-state index contributed by atoms with van der Waals surface area (Å²) >= 11 is 0. The van der Waals surface area contributed by atoms with Crippen molar-refractivity contribution in [2.45, 2.75) is 6.92 Å². The summed E-state index contributed by atoms with van der Waals surface area (Å²) in [6.45, 7) is 1.99. The third-order valence-electron chi connectivity index (χ3n) is 1.87. The van der Waals surface area contributed by atoms with Gasteiger partial charge in [-0.2, -0.15) is 0 Å². The van der Waals surface area contributed by atoms with Crippen molar-refractivity contribution in [3.63, 3.8) is 0 Å². The van der Waals surface area contributed by atoms with Gasteiger partial charge in [0, 0.05) is 32.9 Å². The van der Waals surface area contributed by atoms with E-state index in [2.05, 4.69) is 11.1 Å². The molecule has 2 rings (SSSR count). The number of aliphatic hydroxyl groups excluding tert-OH is 1. The second-order valence-corrected chi connectivity index (χ2v) is 2.94. The Morgan fingerprint density at radius 3 is 2.22 bits per heavy atom. The molecule has 1 aromatic heterocycles. The van der Waals surface area contributed by atoms with Gasteiger partial charge in [0.1, 0.15) is 7.11 Å². The zero-order chi connectivity index (χ0) is 13.1. The standard InChI is InChI=1S/C12H10N.2CH4O.Ir/c1-10-6-5-9-12(13-10)11-7-3-2-4-8-11;2*1-2;/h2-7,9H,1H3;2*2H,1H3;/q-1;;;/p+1. The summed E-state index contributed by atoms with van der Waals surface area (Å²) in [5.41, 5.74) is 3.07. The van der Waals surface area contributed by atoms with E-state index in [0.717, 1.165) is 24.1 Å². The number of aromatic nitrogens is 1.